The van der Waals surface area contributed by atoms with Crippen LogP contribution in [0.25, 0.3) is 0 Å². The zero-order valence-electron chi connectivity index (χ0n) is 9.19. The van der Waals surface area contributed by atoms with Crippen LogP contribution in [0.2, 0.25) is 0 Å². The molecule has 0 unspecified atom stereocenters. The van der Waals surface area contributed by atoms with Gasteiger partial charge in [-0.05, 0) is 23.1 Å². The van der Waals surface area contributed by atoms with Crippen molar-refractivity contribution < 1.29 is 0 Å². The van der Waals surface area contributed by atoms with E-state index in [2.05, 4.69) is 54.0 Å². The number of hydrogen-bond acceptors (Lipinski definition) is 2. The van der Waals surface area contributed by atoms with Gasteiger partial charge >= 0.3 is 0 Å². The molecular formula is C14H16N2. The third-order valence-electron chi connectivity index (χ3n) is 2.58. The average Bonchev–Trinajstić information content (AvgIpc) is 2.33. The predicted octanol–water partition coefficient (Wildman–Crippen LogP) is 2.24. The summed E-state index contributed by atoms with van der Waals surface area (Å²) >= 11 is 0. The third-order valence-corrected chi connectivity index (χ3v) is 2.58. The summed E-state index contributed by atoms with van der Waals surface area (Å²) in [6, 6.07) is 19.0. The Hall–Kier alpha value is -1.64. The van der Waals surface area contributed by atoms with E-state index in [1.54, 1.807) is 0 Å². The minimum Gasteiger partial charge on any atom is -0.271 e. The summed E-state index contributed by atoms with van der Waals surface area (Å²) in [5.41, 5.74) is 6.53. The quantitative estimate of drug-likeness (QED) is 0.602. The van der Waals surface area contributed by atoms with Gasteiger partial charge in [-0.15, -0.1) is 0 Å². The lowest BCUT2D eigenvalue weighted by Gasteiger charge is -2.04. The molecule has 0 atom stereocenters. The second-order valence-electron chi connectivity index (χ2n) is 3.86. The van der Waals surface area contributed by atoms with Crippen molar-refractivity contribution >= 4 is 0 Å². The van der Waals surface area contributed by atoms with E-state index in [9.17, 15) is 0 Å². The SMILES string of the molecule is NNCc1ccc(Cc2ccccc2)cc1. The first-order valence-electron chi connectivity index (χ1n) is 5.43. The van der Waals surface area contributed by atoms with Gasteiger partial charge in [-0.2, -0.15) is 0 Å². The molecule has 0 fully saturated rings. The van der Waals surface area contributed by atoms with Gasteiger partial charge < -0.3 is 0 Å². The van der Waals surface area contributed by atoms with Crippen LogP contribution in [-0.2, 0) is 13.0 Å². The van der Waals surface area contributed by atoms with Crippen molar-refractivity contribution in [2.24, 2.45) is 5.84 Å². The third kappa shape index (κ3) is 2.92. The summed E-state index contributed by atoms with van der Waals surface area (Å²) in [5.74, 6) is 5.27. The first-order chi connectivity index (χ1) is 7.88. The summed E-state index contributed by atoms with van der Waals surface area (Å²) in [7, 11) is 0. The largest absolute Gasteiger partial charge is 0.271 e. The molecule has 0 radical (unpaired) electrons. The van der Waals surface area contributed by atoms with Crippen LogP contribution in [0.5, 0.6) is 0 Å². The standard InChI is InChI=1S/C14H16N2/c15-16-11-14-8-6-13(7-9-14)10-12-4-2-1-3-5-12/h1-9,16H,10-11,15H2. The summed E-state index contributed by atoms with van der Waals surface area (Å²) < 4.78 is 0. The lowest BCUT2D eigenvalue weighted by molar-refractivity contribution is 0.741. The van der Waals surface area contributed by atoms with E-state index >= 15 is 0 Å². The predicted molar refractivity (Wildman–Crippen MR) is 66.7 cm³/mol. The van der Waals surface area contributed by atoms with Gasteiger partial charge in [-0.25, -0.2) is 0 Å². The number of rotatable bonds is 4. The van der Waals surface area contributed by atoms with Crippen molar-refractivity contribution in [1.29, 1.82) is 0 Å². The fraction of sp³-hybridized carbons (Fsp3) is 0.143. The maximum Gasteiger partial charge on any atom is 0.0348 e. The molecule has 0 aromatic heterocycles. The van der Waals surface area contributed by atoms with E-state index in [1.165, 1.54) is 16.7 Å². The molecule has 82 valence electrons. The number of nitrogens with two attached hydrogens (primary N) is 1. The zero-order chi connectivity index (χ0) is 11.2. The van der Waals surface area contributed by atoms with Crippen molar-refractivity contribution in [3.63, 3.8) is 0 Å². The molecule has 0 aliphatic carbocycles. The van der Waals surface area contributed by atoms with Crippen molar-refractivity contribution in [1.82, 2.24) is 5.43 Å². The maximum absolute atomic E-state index is 5.27. The van der Waals surface area contributed by atoms with E-state index in [-0.39, 0.29) is 0 Å². The van der Waals surface area contributed by atoms with Gasteiger partial charge in [0.25, 0.3) is 0 Å². The van der Waals surface area contributed by atoms with Gasteiger partial charge in [0.15, 0.2) is 0 Å². The molecule has 0 bridgehead atoms. The van der Waals surface area contributed by atoms with Crippen LogP contribution < -0.4 is 11.3 Å². The number of hydrazine groups is 1. The van der Waals surface area contributed by atoms with E-state index in [4.69, 9.17) is 5.84 Å². The fourth-order valence-electron chi connectivity index (χ4n) is 1.72. The Balaban J connectivity index is 2.05. The first-order valence-corrected chi connectivity index (χ1v) is 5.43. The van der Waals surface area contributed by atoms with Gasteiger partial charge in [0.1, 0.15) is 0 Å². The molecule has 0 saturated heterocycles. The minimum absolute atomic E-state index is 0.714. The highest BCUT2D eigenvalue weighted by Gasteiger charge is 1.96. The molecule has 3 N–H and O–H groups in total. The van der Waals surface area contributed by atoms with Crippen molar-refractivity contribution in [2.75, 3.05) is 0 Å². The summed E-state index contributed by atoms with van der Waals surface area (Å²) in [4.78, 5) is 0. The summed E-state index contributed by atoms with van der Waals surface area (Å²) in [5, 5.41) is 0. The second-order valence-corrected chi connectivity index (χ2v) is 3.86. The molecule has 2 aromatic carbocycles. The summed E-state index contributed by atoms with van der Waals surface area (Å²) in [6.07, 6.45) is 0.983. The van der Waals surface area contributed by atoms with Crippen LogP contribution >= 0.6 is 0 Å². The van der Waals surface area contributed by atoms with Crippen molar-refractivity contribution in [2.45, 2.75) is 13.0 Å². The molecule has 2 heteroatoms. The molecule has 0 amide bonds. The smallest absolute Gasteiger partial charge is 0.0348 e. The highest BCUT2D eigenvalue weighted by molar-refractivity contribution is 5.28. The average molecular weight is 212 g/mol. The molecular weight excluding hydrogens is 196 g/mol. The highest BCUT2D eigenvalue weighted by atomic mass is 15.2. The van der Waals surface area contributed by atoms with Crippen LogP contribution in [0.4, 0.5) is 0 Å². The maximum atomic E-state index is 5.27. The molecule has 0 aliphatic rings. The first kappa shape index (κ1) is 10.9. The Labute approximate surface area is 96.1 Å². The monoisotopic (exact) mass is 212 g/mol. The Bertz CT molecular complexity index is 420. The van der Waals surface area contributed by atoms with E-state index in [1.807, 2.05) is 6.07 Å². The lowest BCUT2D eigenvalue weighted by atomic mass is 10.0. The molecule has 2 nitrogen and oxygen atoms in total. The van der Waals surface area contributed by atoms with Gasteiger partial charge in [-0.3, -0.25) is 11.3 Å². The fourth-order valence-corrected chi connectivity index (χ4v) is 1.72. The normalized spacial score (nSPS) is 10.3. The molecule has 0 aliphatic heterocycles. The highest BCUT2D eigenvalue weighted by Crippen LogP contribution is 2.10. The Kier molecular flexibility index (Phi) is 3.70. The minimum atomic E-state index is 0.714. The molecule has 0 heterocycles. The van der Waals surface area contributed by atoms with Crippen LogP contribution in [-0.4, -0.2) is 0 Å². The van der Waals surface area contributed by atoms with E-state index in [0.29, 0.717) is 6.54 Å². The van der Waals surface area contributed by atoms with Gasteiger partial charge in [-0.1, -0.05) is 54.6 Å². The van der Waals surface area contributed by atoms with Gasteiger partial charge in [0.05, 0.1) is 0 Å². The van der Waals surface area contributed by atoms with Crippen molar-refractivity contribution in [3.8, 4) is 0 Å². The molecule has 0 saturated carbocycles. The molecule has 0 spiro atoms. The van der Waals surface area contributed by atoms with Crippen molar-refractivity contribution in [3.05, 3.63) is 71.3 Å². The van der Waals surface area contributed by atoms with Gasteiger partial charge in [0.2, 0.25) is 0 Å². The summed E-state index contributed by atoms with van der Waals surface area (Å²) in [6.45, 7) is 0.714. The Morgan fingerprint density at radius 3 is 1.94 bits per heavy atom. The molecule has 2 rings (SSSR count). The zero-order valence-corrected chi connectivity index (χ0v) is 9.19. The van der Waals surface area contributed by atoms with Gasteiger partial charge in [0, 0.05) is 6.54 Å². The topological polar surface area (TPSA) is 38.0 Å². The number of benzene rings is 2. The Morgan fingerprint density at radius 1 is 0.750 bits per heavy atom. The van der Waals surface area contributed by atoms with Crippen LogP contribution in [0.3, 0.4) is 0 Å². The molecule has 16 heavy (non-hydrogen) atoms. The molecule has 2 aromatic rings. The van der Waals surface area contributed by atoms with Crippen LogP contribution in [0.1, 0.15) is 16.7 Å². The Morgan fingerprint density at radius 2 is 1.31 bits per heavy atom. The van der Waals surface area contributed by atoms with E-state index in [0.717, 1.165) is 6.42 Å². The van der Waals surface area contributed by atoms with E-state index < -0.39 is 0 Å². The lowest BCUT2D eigenvalue weighted by Crippen LogP contribution is -2.20. The van der Waals surface area contributed by atoms with Crippen LogP contribution in [0, 0.1) is 0 Å². The number of nitrogens with one attached hydrogen (secondary N) is 1. The van der Waals surface area contributed by atoms with Crippen LogP contribution in [0.15, 0.2) is 54.6 Å². The second kappa shape index (κ2) is 5.45. The number of hydrogen-bond donors (Lipinski definition) is 2.